The van der Waals surface area contributed by atoms with Gasteiger partial charge in [-0.25, -0.2) is 0 Å². The average molecular weight is 302 g/mol. The molecule has 3 nitrogen and oxygen atoms in total. The number of carbonyl (C=O) groups excluding carboxylic acids is 1. The number of unbranched alkanes of at least 4 members (excludes halogenated alkanes) is 1. The highest BCUT2D eigenvalue weighted by molar-refractivity contribution is 5.73. The van der Waals surface area contributed by atoms with Crippen LogP contribution < -0.4 is 0 Å². The van der Waals surface area contributed by atoms with Gasteiger partial charge in [0.1, 0.15) is 0 Å². The quantitative estimate of drug-likeness (QED) is 0.769. The summed E-state index contributed by atoms with van der Waals surface area (Å²) in [5, 5.41) is 0. The van der Waals surface area contributed by atoms with Crippen LogP contribution in [0.1, 0.15) is 45.1 Å². The van der Waals surface area contributed by atoms with E-state index in [1.54, 1.807) is 6.92 Å². The Morgan fingerprint density at radius 1 is 1.23 bits per heavy atom. The van der Waals surface area contributed by atoms with Crippen LogP contribution in [0.15, 0.2) is 30.3 Å². The first-order valence-electron chi connectivity index (χ1n) is 8.70. The molecule has 0 spiro atoms. The third-order valence-corrected chi connectivity index (χ3v) is 4.66. The van der Waals surface area contributed by atoms with Gasteiger partial charge in [0.25, 0.3) is 0 Å². The van der Waals surface area contributed by atoms with E-state index in [1.807, 2.05) is 0 Å². The molecule has 1 amide bonds. The molecule has 122 valence electrons. The van der Waals surface area contributed by atoms with Gasteiger partial charge >= 0.3 is 0 Å². The number of piperidine rings is 1. The van der Waals surface area contributed by atoms with Crippen LogP contribution in [0.2, 0.25) is 0 Å². The Morgan fingerprint density at radius 3 is 2.50 bits per heavy atom. The van der Waals surface area contributed by atoms with Crippen molar-refractivity contribution in [1.29, 1.82) is 0 Å². The maximum absolute atomic E-state index is 11.7. The number of hydrogen-bond acceptors (Lipinski definition) is 2. The first-order valence-corrected chi connectivity index (χ1v) is 8.70. The average Bonchev–Trinajstić information content (AvgIpc) is 2.54. The molecule has 0 unspecified atom stereocenters. The number of likely N-dealkylation sites (tertiary alicyclic amines) is 1. The number of hydrogen-bond donors (Lipinski definition) is 0. The van der Waals surface area contributed by atoms with Crippen molar-refractivity contribution in [2.45, 2.75) is 46.1 Å². The Bertz CT molecular complexity index is 438. The second-order valence-corrected chi connectivity index (χ2v) is 6.52. The number of rotatable bonds is 7. The molecular weight excluding hydrogens is 272 g/mol. The second kappa shape index (κ2) is 8.94. The largest absolute Gasteiger partial charge is 0.343 e. The van der Waals surface area contributed by atoms with Crippen LogP contribution in [-0.4, -0.2) is 41.9 Å². The highest BCUT2D eigenvalue weighted by Gasteiger charge is 2.22. The summed E-state index contributed by atoms with van der Waals surface area (Å²) in [5.41, 5.74) is 1.40. The predicted octanol–water partition coefficient (Wildman–Crippen LogP) is 3.55. The number of nitrogens with zero attached hydrogens (tertiary/aromatic N) is 2. The summed E-state index contributed by atoms with van der Waals surface area (Å²) in [6.07, 6.45) is 4.69. The molecule has 1 saturated heterocycles. The Hall–Kier alpha value is -1.35. The molecule has 0 bridgehead atoms. The highest BCUT2D eigenvalue weighted by atomic mass is 16.2. The first-order chi connectivity index (χ1) is 10.7. The lowest BCUT2D eigenvalue weighted by atomic mass is 9.95. The summed E-state index contributed by atoms with van der Waals surface area (Å²) < 4.78 is 0. The van der Waals surface area contributed by atoms with Crippen molar-refractivity contribution >= 4 is 5.91 Å². The monoisotopic (exact) mass is 302 g/mol. The summed E-state index contributed by atoms with van der Waals surface area (Å²) in [6, 6.07) is 10.7. The van der Waals surface area contributed by atoms with Crippen molar-refractivity contribution in [2.75, 3.05) is 26.2 Å². The van der Waals surface area contributed by atoms with E-state index in [4.69, 9.17) is 0 Å². The smallest absolute Gasteiger partial charge is 0.219 e. The van der Waals surface area contributed by atoms with Crippen LogP contribution in [0.4, 0.5) is 0 Å². The second-order valence-electron chi connectivity index (χ2n) is 6.52. The molecule has 0 saturated carbocycles. The molecule has 2 rings (SSSR count). The van der Waals surface area contributed by atoms with E-state index in [1.165, 1.54) is 18.4 Å². The minimum Gasteiger partial charge on any atom is -0.343 e. The molecule has 0 aliphatic carbocycles. The lowest BCUT2D eigenvalue weighted by Crippen LogP contribution is -2.40. The molecule has 1 aliphatic heterocycles. The molecule has 1 aromatic carbocycles. The van der Waals surface area contributed by atoms with E-state index in [-0.39, 0.29) is 5.91 Å². The van der Waals surface area contributed by atoms with Crippen LogP contribution in [0.3, 0.4) is 0 Å². The number of amides is 1. The van der Waals surface area contributed by atoms with E-state index in [0.717, 1.165) is 45.6 Å². The molecule has 1 aliphatic rings. The van der Waals surface area contributed by atoms with Gasteiger partial charge in [-0.2, -0.15) is 0 Å². The van der Waals surface area contributed by atoms with Crippen molar-refractivity contribution in [3.8, 4) is 0 Å². The molecule has 0 atom stereocenters. The Morgan fingerprint density at radius 2 is 1.91 bits per heavy atom. The lowest BCUT2D eigenvalue weighted by Gasteiger charge is -2.34. The number of carbonyl (C=O) groups is 1. The van der Waals surface area contributed by atoms with Gasteiger partial charge in [0, 0.05) is 26.6 Å². The molecule has 1 fully saturated rings. The molecule has 1 aromatic rings. The van der Waals surface area contributed by atoms with Gasteiger partial charge in [-0.15, -0.1) is 0 Å². The Kier molecular flexibility index (Phi) is 6.91. The maximum Gasteiger partial charge on any atom is 0.219 e. The van der Waals surface area contributed by atoms with E-state index >= 15 is 0 Å². The van der Waals surface area contributed by atoms with Crippen molar-refractivity contribution in [2.24, 2.45) is 5.92 Å². The van der Waals surface area contributed by atoms with Crippen molar-refractivity contribution < 1.29 is 4.79 Å². The zero-order valence-electron chi connectivity index (χ0n) is 14.1. The molecule has 0 radical (unpaired) electrons. The van der Waals surface area contributed by atoms with Crippen molar-refractivity contribution in [3.63, 3.8) is 0 Å². The van der Waals surface area contributed by atoms with Crippen LogP contribution in [0.5, 0.6) is 0 Å². The molecule has 22 heavy (non-hydrogen) atoms. The summed E-state index contributed by atoms with van der Waals surface area (Å²) in [7, 11) is 0. The van der Waals surface area contributed by atoms with Gasteiger partial charge in [-0.3, -0.25) is 9.69 Å². The van der Waals surface area contributed by atoms with E-state index in [9.17, 15) is 4.79 Å². The first kappa shape index (κ1) is 17.0. The zero-order chi connectivity index (χ0) is 15.8. The SMILES string of the molecule is CCCCN(CC1CCN(Cc2ccccc2)CC1)C(C)=O. The van der Waals surface area contributed by atoms with Crippen LogP contribution in [0, 0.1) is 5.92 Å². The molecule has 1 heterocycles. The minimum atomic E-state index is 0.236. The number of benzene rings is 1. The standard InChI is InChI=1S/C19H30N2O/c1-3-4-12-21(17(2)22)16-19-10-13-20(14-11-19)15-18-8-6-5-7-9-18/h5-9,19H,3-4,10-16H2,1-2H3. The van der Waals surface area contributed by atoms with E-state index in [2.05, 4.69) is 47.1 Å². The summed E-state index contributed by atoms with van der Waals surface area (Å²) in [5.74, 6) is 0.910. The highest BCUT2D eigenvalue weighted by Crippen LogP contribution is 2.20. The lowest BCUT2D eigenvalue weighted by molar-refractivity contribution is -0.129. The third-order valence-electron chi connectivity index (χ3n) is 4.66. The predicted molar refractivity (Wildman–Crippen MR) is 91.6 cm³/mol. The molecule has 3 heteroatoms. The molecule has 0 N–H and O–H groups in total. The topological polar surface area (TPSA) is 23.6 Å². The van der Waals surface area contributed by atoms with Gasteiger partial charge in [0.2, 0.25) is 5.91 Å². The Balaban J connectivity index is 1.75. The fourth-order valence-electron chi connectivity index (χ4n) is 3.21. The normalized spacial score (nSPS) is 16.6. The summed E-state index contributed by atoms with van der Waals surface area (Å²) in [4.78, 5) is 16.3. The minimum absolute atomic E-state index is 0.236. The molecule has 0 aromatic heterocycles. The van der Waals surface area contributed by atoms with Crippen LogP contribution in [-0.2, 0) is 11.3 Å². The maximum atomic E-state index is 11.7. The van der Waals surface area contributed by atoms with Gasteiger partial charge in [-0.05, 0) is 43.8 Å². The van der Waals surface area contributed by atoms with E-state index < -0.39 is 0 Å². The van der Waals surface area contributed by atoms with Crippen molar-refractivity contribution in [3.05, 3.63) is 35.9 Å². The van der Waals surface area contributed by atoms with Gasteiger partial charge in [0.05, 0.1) is 0 Å². The van der Waals surface area contributed by atoms with E-state index in [0.29, 0.717) is 5.92 Å². The summed E-state index contributed by atoms with van der Waals surface area (Å²) >= 11 is 0. The van der Waals surface area contributed by atoms with Gasteiger partial charge in [0.15, 0.2) is 0 Å². The van der Waals surface area contributed by atoms with Crippen molar-refractivity contribution in [1.82, 2.24) is 9.80 Å². The third kappa shape index (κ3) is 5.45. The summed E-state index contributed by atoms with van der Waals surface area (Å²) in [6.45, 7) is 9.13. The zero-order valence-corrected chi connectivity index (χ0v) is 14.1. The fraction of sp³-hybridized carbons (Fsp3) is 0.632. The van der Waals surface area contributed by atoms with Gasteiger partial charge in [-0.1, -0.05) is 43.7 Å². The molecular formula is C19H30N2O. The Labute approximate surface area is 135 Å². The van der Waals surface area contributed by atoms with Crippen LogP contribution >= 0.6 is 0 Å². The fourth-order valence-corrected chi connectivity index (χ4v) is 3.21. The van der Waals surface area contributed by atoms with Gasteiger partial charge < -0.3 is 4.90 Å². The van der Waals surface area contributed by atoms with Crippen LogP contribution in [0.25, 0.3) is 0 Å².